The average Bonchev–Trinajstić information content (AvgIpc) is 2.80. The number of unbranched alkanes of at least 4 members (excludes halogenated alkanes) is 1. The summed E-state index contributed by atoms with van der Waals surface area (Å²) in [4.78, 5) is 4.55. The lowest BCUT2D eigenvalue weighted by Crippen LogP contribution is -2.10. The van der Waals surface area contributed by atoms with Crippen LogP contribution in [0.2, 0.25) is 0 Å². The van der Waals surface area contributed by atoms with E-state index in [1.807, 2.05) is 18.2 Å². The van der Waals surface area contributed by atoms with Gasteiger partial charge in [-0.2, -0.15) is 0 Å². The molecule has 0 atom stereocenters. The van der Waals surface area contributed by atoms with Crippen LogP contribution in [0.4, 0.5) is 0 Å². The molecule has 1 aromatic heterocycles. The fraction of sp³-hybridized carbons (Fsp3) is 0.333. The lowest BCUT2D eigenvalue weighted by atomic mass is 10.2. The maximum absolute atomic E-state index is 8.40. The van der Waals surface area contributed by atoms with E-state index >= 15 is 0 Å². The van der Waals surface area contributed by atoms with Gasteiger partial charge < -0.3 is 10.9 Å². The Morgan fingerprint density at radius 1 is 1.39 bits per heavy atom. The van der Waals surface area contributed by atoms with Gasteiger partial charge in [0.2, 0.25) is 0 Å². The second-order valence-electron chi connectivity index (χ2n) is 3.84. The Hall–Kier alpha value is -1.27. The highest BCUT2D eigenvalue weighted by Gasteiger charge is 2.03. The molecular formula is C12H15N3OS2. The summed E-state index contributed by atoms with van der Waals surface area (Å²) in [6.45, 7) is 0. The Morgan fingerprint density at radius 2 is 2.22 bits per heavy atom. The quantitative estimate of drug-likeness (QED) is 0.213. The molecule has 0 amide bonds. The van der Waals surface area contributed by atoms with E-state index < -0.39 is 0 Å². The van der Waals surface area contributed by atoms with Gasteiger partial charge in [0.05, 0.1) is 10.2 Å². The number of amidine groups is 1. The average molecular weight is 281 g/mol. The van der Waals surface area contributed by atoms with Gasteiger partial charge in [0.1, 0.15) is 5.84 Å². The van der Waals surface area contributed by atoms with Gasteiger partial charge in [-0.3, -0.25) is 0 Å². The first kappa shape index (κ1) is 13.2. The van der Waals surface area contributed by atoms with Crippen molar-refractivity contribution in [1.29, 1.82) is 0 Å². The SMILES string of the molecule is NC(CCCCSc1nc2ccccc2s1)=NO. The van der Waals surface area contributed by atoms with E-state index in [-0.39, 0.29) is 0 Å². The number of aromatic nitrogens is 1. The van der Waals surface area contributed by atoms with Crippen molar-refractivity contribution >= 4 is 39.2 Å². The Morgan fingerprint density at radius 3 is 3.00 bits per heavy atom. The first-order valence-corrected chi connectivity index (χ1v) is 7.54. The summed E-state index contributed by atoms with van der Waals surface area (Å²) in [7, 11) is 0. The molecule has 0 aliphatic heterocycles. The highest BCUT2D eigenvalue weighted by molar-refractivity contribution is 8.01. The maximum atomic E-state index is 8.40. The van der Waals surface area contributed by atoms with Gasteiger partial charge in [0.25, 0.3) is 0 Å². The molecular weight excluding hydrogens is 266 g/mol. The Labute approximate surface area is 114 Å². The third-order valence-electron chi connectivity index (χ3n) is 2.46. The summed E-state index contributed by atoms with van der Waals surface area (Å²) >= 11 is 3.50. The first-order valence-electron chi connectivity index (χ1n) is 5.74. The second-order valence-corrected chi connectivity index (χ2v) is 6.22. The highest BCUT2D eigenvalue weighted by Crippen LogP contribution is 2.29. The van der Waals surface area contributed by atoms with Crippen molar-refractivity contribution < 1.29 is 5.21 Å². The van der Waals surface area contributed by atoms with Crippen molar-refractivity contribution in [3.05, 3.63) is 24.3 Å². The predicted octanol–water partition coefficient (Wildman–Crippen LogP) is 3.31. The zero-order chi connectivity index (χ0) is 12.8. The van der Waals surface area contributed by atoms with Crippen molar-refractivity contribution in [3.63, 3.8) is 0 Å². The molecule has 0 saturated carbocycles. The van der Waals surface area contributed by atoms with E-state index in [2.05, 4.69) is 16.2 Å². The molecule has 18 heavy (non-hydrogen) atoms. The van der Waals surface area contributed by atoms with Crippen LogP contribution in [-0.4, -0.2) is 21.8 Å². The largest absolute Gasteiger partial charge is 0.409 e. The minimum Gasteiger partial charge on any atom is -0.409 e. The first-order chi connectivity index (χ1) is 8.79. The van der Waals surface area contributed by atoms with E-state index in [0.29, 0.717) is 12.3 Å². The molecule has 2 aromatic rings. The van der Waals surface area contributed by atoms with Gasteiger partial charge in [-0.1, -0.05) is 29.1 Å². The lowest BCUT2D eigenvalue weighted by Gasteiger charge is -1.98. The molecule has 0 spiro atoms. The number of thioether (sulfide) groups is 1. The van der Waals surface area contributed by atoms with Gasteiger partial charge >= 0.3 is 0 Å². The molecule has 0 unspecified atom stereocenters. The van der Waals surface area contributed by atoms with Crippen molar-refractivity contribution in [1.82, 2.24) is 4.98 Å². The van der Waals surface area contributed by atoms with Crippen LogP contribution in [0.25, 0.3) is 10.2 Å². The molecule has 1 aromatic carbocycles. The van der Waals surface area contributed by atoms with Gasteiger partial charge in [-0.05, 0) is 25.0 Å². The molecule has 96 valence electrons. The predicted molar refractivity (Wildman–Crippen MR) is 77.6 cm³/mol. The second kappa shape index (κ2) is 6.61. The molecule has 0 fully saturated rings. The lowest BCUT2D eigenvalue weighted by molar-refractivity contribution is 0.316. The normalized spacial score (nSPS) is 12.1. The fourth-order valence-corrected chi connectivity index (χ4v) is 3.67. The molecule has 2 rings (SSSR count). The standard InChI is InChI=1S/C12H15N3OS2/c13-11(15-16)7-3-4-8-17-12-14-9-5-1-2-6-10(9)18-12/h1-2,5-6,16H,3-4,7-8H2,(H2,13,15). The van der Waals surface area contributed by atoms with E-state index in [4.69, 9.17) is 10.9 Å². The van der Waals surface area contributed by atoms with Crippen LogP contribution in [0.1, 0.15) is 19.3 Å². The molecule has 0 aliphatic carbocycles. The fourth-order valence-electron chi connectivity index (χ4n) is 1.53. The van der Waals surface area contributed by atoms with Crippen molar-refractivity contribution in [2.45, 2.75) is 23.6 Å². The summed E-state index contributed by atoms with van der Waals surface area (Å²) in [6, 6.07) is 8.17. The Kier molecular flexibility index (Phi) is 4.83. The third-order valence-corrected chi connectivity index (χ3v) is 4.72. The van der Waals surface area contributed by atoms with Gasteiger partial charge in [0, 0.05) is 12.2 Å². The van der Waals surface area contributed by atoms with Crippen LogP contribution >= 0.6 is 23.1 Å². The molecule has 0 bridgehead atoms. The summed E-state index contributed by atoms with van der Waals surface area (Å²) < 4.78 is 2.34. The minimum absolute atomic E-state index is 0.306. The molecule has 6 heteroatoms. The van der Waals surface area contributed by atoms with Crippen LogP contribution in [0, 0.1) is 0 Å². The number of para-hydroxylation sites is 1. The number of nitrogens with zero attached hydrogens (tertiary/aromatic N) is 2. The minimum atomic E-state index is 0.306. The monoisotopic (exact) mass is 281 g/mol. The van der Waals surface area contributed by atoms with Gasteiger partial charge in [-0.15, -0.1) is 11.3 Å². The number of nitrogens with two attached hydrogens (primary N) is 1. The number of hydrogen-bond acceptors (Lipinski definition) is 5. The summed E-state index contributed by atoms with van der Waals surface area (Å²) in [6.07, 6.45) is 2.63. The molecule has 3 N–H and O–H groups in total. The molecule has 0 saturated heterocycles. The van der Waals surface area contributed by atoms with E-state index in [1.54, 1.807) is 23.1 Å². The molecule has 1 heterocycles. The number of fused-ring (bicyclic) bond motifs is 1. The molecule has 0 aliphatic rings. The number of oxime groups is 1. The molecule has 4 nitrogen and oxygen atoms in total. The van der Waals surface area contributed by atoms with Gasteiger partial charge in [-0.25, -0.2) is 4.98 Å². The zero-order valence-corrected chi connectivity index (χ0v) is 11.5. The van der Waals surface area contributed by atoms with Crippen molar-refractivity contribution in [2.75, 3.05) is 5.75 Å². The number of thiazole rings is 1. The molecule has 0 radical (unpaired) electrons. The van der Waals surface area contributed by atoms with Gasteiger partial charge in [0.15, 0.2) is 4.34 Å². The van der Waals surface area contributed by atoms with Crippen molar-refractivity contribution in [2.24, 2.45) is 10.9 Å². The van der Waals surface area contributed by atoms with E-state index in [1.165, 1.54) is 4.70 Å². The maximum Gasteiger partial charge on any atom is 0.151 e. The zero-order valence-electron chi connectivity index (χ0n) is 9.87. The Balaban J connectivity index is 1.76. The van der Waals surface area contributed by atoms with E-state index in [0.717, 1.165) is 28.5 Å². The summed E-state index contributed by atoms with van der Waals surface area (Å²) in [5.74, 6) is 1.32. The number of hydrogen-bond donors (Lipinski definition) is 2. The summed E-state index contributed by atoms with van der Waals surface area (Å²) in [5, 5.41) is 11.3. The smallest absolute Gasteiger partial charge is 0.151 e. The highest BCUT2D eigenvalue weighted by atomic mass is 32.2. The van der Waals surface area contributed by atoms with Crippen molar-refractivity contribution in [3.8, 4) is 0 Å². The Bertz CT molecular complexity index is 506. The van der Waals surface area contributed by atoms with E-state index in [9.17, 15) is 0 Å². The summed E-state index contributed by atoms with van der Waals surface area (Å²) in [5.41, 5.74) is 6.47. The topological polar surface area (TPSA) is 71.5 Å². The van der Waals surface area contributed by atoms with Crippen LogP contribution in [0.5, 0.6) is 0 Å². The van der Waals surface area contributed by atoms with Crippen LogP contribution in [0.3, 0.4) is 0 Å². The van der Waals surface area contributed by atoms with Crippen LogP contribution in [0.15, 0.2) is 33.8 Å². The third kappa shape index (κ3) is 3.61. The van der Waals surface area contributed by atoms with Crippen LogP contribution < -0.4 is 5.73 Å². The van der Waals surface area contributed by atoms with Crippen LogP contribution in [-0.2, 0) is 0 Å². The number of rotatable bonds is 6. The number of benzene rings is 1.